The van der Waals surface area contributed by atoms with E-state index >= 15 is 0 Å². The van der Waals surface area contributed by atoms with E-state index in [1.807, 2.05) is 40.1 Å². The molecule has 5 nitrogen and oxygen atoms in total. The lowest BCUT2D eigenvalue weighted by atomic mass is 9.34. The summed E-state index contributed by atoms with van der Waals surface area (Å²) in [6.45, 7) is 15.7. The zero-order valence-corrected chi connectivity index (χ0v) is 26.4. The smallest absolute Gasteiger partial charge is 0.222 e. The van der Waals surface area contributed by atoms with Gasteiger partial charge in [0.1, 0.15) is 6.07 Å². The van der Waals surface area contributed by atoms with Gasteiger partial charge in [0.2, 0.25) is 5.91 Å². The molecule has 0 aliphatic heterocycles. The van der Waals surface area contributed by atoms with Crippen molar-refractivity contribution in [1.82, 2.24) is 4.90 Å². The third kappa shape index (κ3) is 3.80. The van der Waals surface area contributed by atoms with Gasteiger partial charge in [0.05, 0.1) is 5.57 Å². The Morgan fingerprint density at radius 1 is 1.00 bits per heavy atom. The molecule has 3 saturated carbocycles. The molecule has 0 bridgehead atoms. The molecule has 0 aromatic carbocycles. The maximum atomic E-state index is 14.6. The molecule has 0 aromatic heterocycles. The van der Waals surface area contributed by atoms with E-state index < -0.39 is 10.8 Å². The van der Waals surface area contributed by atoms with Crippen LogP contribution in [-0.4, -0.2) is 36.5 Å². The average Bonchev–Trinajstić information content (AvgIpc) is 2.86. The highest BCUT2D eigenvalue weighted by atomic mass is 16.2. The number of Topliss-reactive ketones (excluding diaryl/α,β-unsaturated/α-hetero) is 1. The summed E-state index contributed by atoms with van der Waals surface area (Å²) in [4.78, 5) is 42.3. The summed E-state index contributed by atoms with van der Waals surface area (Å²) in [5.41, 5.74) is 0.0409. The van der Waals surface area contributed by atoms with Gasteiger partial charge in [-0.15, -0.1) is 0 Å². The summed E-state index contributed by atoms with van der Waals surface area (Å²) in [6, 6.07) is 2.20. The largest absolute Gasteiger partial charge is 0.349 e. The maximum absolute atomic E-state index is 14.6. The lowest BCUT2D eigenvalue weighted by Crippen LogP contribution is -2.64. The number of ketones is 2. The molecule has 7 unspecified atom stereocenters. The van der Waals surface area contributed by atoms with Crippen LogP contribution in [-0.2, 0) is 14.4 Å². The summed E-state index contributed by atoms with van der Waals surface area (Å²) in [7, 11) is 3.67. The van der Waals surface area contributed by atoms with Crippen molar-refractivity contribution in [3.63, 3.8) is 0 Å². The average molecular weight is 547 g/mol. The van der Waals surface area contributed by atoms with Crippen LogP contribution >= 0.6 is 0 Å². The van der Waals surface area contributed by atoms with Gasteiger partial charge in [-0.25, -0.2) is 0 Å². The first-order valence-electron chi connectivity index (χ1n) is 15.5. The van der Waals surface area contributed by atoms with Crippen LogP contribution in [0.4, 0.5) is 0 Å². The molecule has 0 aromatic rings. The predicted molar refractivity (Wildman–Crippen MR) is 157 cm³/mol. The summed E-state index contributed by atoms with van der Waals surface area (Å²) < 4.78 is 0. The van der Waals surface area contributed by atoms with Gasteiger partial charge in [0.25, 0.3) is 0 Å². The Kier molecular flexibility index (Phi) is 6.51. The van der Waals surface area contributed by atoms with Crippen LogP contribution in [0.15, 0.2) is 23.3 Å². The molecule has 0 heterocycles. The van der Waals surface area contributed by atoms with Gasteiger partial charge in [-0.1, -0.05) is 60.1 Å². The Labute approximate surface area is 241 Å². The van der Waals surface area contributed by atoms with Crippen molar-refractivity contribution in [2.45, 2.75) is 106 Å². The highest BCUT2D eigenvalue weighted by Crippen LogP contribution is 2.75. The van der Waals surface area contributed by atoms with Crippen LogP contribution in [0.5, 0.6) is 0 Å². The first-order valence-corrected chi connectivity index (χ1v) is 15.5. The van der Waals surface area contributed by atoms with Crippen molar-refractivity contribution in [1.29, 1.82) is 5.26 Å². The number of hydrogen-bond donors (Lipinski definition) is 0. The van der Waals surface area contributed by atoms with Gasteiger partial charge in [0.15, 0.2) is 11.6 Å². The fraction of sp³-hybridized carbons (Fsp3) is 0.771. The number of carbonyl (C=O) groups excluding carboxylic acids is 3. The summed E-state index contributed by atoms with van der Waals surface area (Å²) in [5.74, 6) is 0.603. The minimum absolute atomic E-state index is 0.0248. The van der Waals surface area contributed by atoms with Crippen LogP contribution in [0.1, 0.15) is 106 Å². The Balaban J connectivity index is 1.63. The molecule has 0 spiro atoms. The minimum atomic E-state index is -0.647. The molecule has 0 N–H and O–H groups in total. The Hall–Kier alpha value is -2.22. The Morgan fingerprint density at radius 3 is 2.27 bits per heavy atom. The second kappa shape index (κ2) is 8.89. The topological polar surface area (TPSA) is 78.2 Å². The third-order valence-electron chi connectivity index (χ3n) is 13.4. The molecule has 0 radical (unpaired) electrons. The lowest BCUT2D eigenvalue weighted by Gasteiger charge is -2.69. The van der Waals surface area contributed by atoms with Crippen molar-refractivity contribution in [3.8, 4) is 6.07 Å². The van der Waals surface area contributed by atoms with E-state index in [-0.39, 0.29) is 62.5 Å². The molecule has 3 fully saturated rings. The number of amides is 1. The van der Waals surface area contributed by atoms with Crippen molar-refractivity contribution in [3.05, 3.63) is 23.3 Å². The van der Waals surface area contributed by atoms with Crippen molar-refractivity contribution >= 4 is 17.5 Å². The molecule has 5 aliphatic rings. The summed E-state index contributed by atoms with van der Waals surface area (Å²) >= 11 is 0. The number of nitrogens with zero attached hydrogens (tertiary/aromatic N) is 2. The molecule has 5 rings (SSSR count). The molecule has 5 heteroatoms. The third-order valence-corrected chi connectivity index (χ3v) is 13.4. The molecule has 5 aliphatic carbocycles. The van der Waals surface area contributed by atoms with E-state index in [1.54, 1.807) is 4.90 Å². The van der Waals surface area contributed by atoms with Crippen molar-refractivity contribution < 1.29 is 14.4 Å². The summed E-state index contributed by atoms with van der Waals surface area (Å²) in [6.07, 6.45) is 12.5. The van der Waals surface area contributed by atoms with E-state index in [0.29, 0.717) is 6.42 Å². The predicted octanol–water partition coefficient (Wildman–Crippen LogP) is 7.07. The Morgan fingerprint density at radius 2 is 1.65 bits per heavy atom. The van der Waals surface area contributed by atoms with E-state index in [2.05, 4.69) is 40.7 Å². The van der Waals surface area contributed by atoms with Gasteiger partial charge in [0, 0.05) is 37.3 Å². The molecular weight excluding hydrogens is 496 g/mol. The molecule has 1 amide bonds. The molecule has 0 saturated heterocycles. The molecule has 218 valence electrons. The monoisotopic (exact) mass is 546 g/mol. The van der Waals surface area contributed by atoms with Gasteiger partial charge >= 0.3 is 0 Å². The van der Waals surface area contributed by atoms with E-state index in [9.17, 15) is 19.6 Å². The number of nitriles is 1. The van der Waals surface area contributed by atoms with Crippen molar-refractivity contribution in [2.75, 3.05) is 14.1 Å². The highest BCUT2D eigenvalue weighted by Gasteiger charge is 2.69. The van der Waals surface area contributed by atoms with E-state index in [4.69, 9.17) is 0 Å². The van der Waals surface area contributed by atoms with Gasteiger partial charge in [-0.2, -0.15) is 5.26 Å². The van der Waals surface area contributed by atoms with Crippen LogP contribution in [0, 0.1) is 61.6 Å². The second-order valence-corrected chi connectivity index (χ2v) is 16.4. The molecule has 7 atom stereocenters. The van der Waals surface area contributed by atoms with Gasteiger partial charge in [-0.3, -0.25) is 14.4 Å². The first-order chi connectivity index (χ1) is 18.4. The van der Waals surface area contributed by atoms with E-state index in [1.165, 1.54) is 0 Å². The fourth-order valence-electron chi connectivity index (χ4n) is 10.8. The molecular formula is C35H50N2O3. The first kappa shape index (κ1) is 29.3. The van der Waals surface area contributed by atoms with Crippen LogP contribution < -0.4 is 0 Å². The number of fused-ring (bicyclic) bond motifs is 7. The minimum Gasteiger partial charge on any atom is -0.349 e. The quantitative estimate of drug-likeness (QED) is 0.379. The Bertz CT molecular complexity index is 1260. The number of allylic oxidation sites excluding steroid dienone is 4. The van der Waals surface area contributed by atoms with Crippen molar-refractivity contribution in [2.24, 2.45) is 50.2 Å². The van der Waals surface area contributed by atoms with E-state index in [0.717, 1.165) is 56.9 Å². The fourth-order valence-corrected chi connectivity index (χ4v) is 10.8. The number of carbonyl (C=O) groups is 3. The zero-order chi connectivity index (χ0) is 29.7. The lowest BCUT2D eigenvalue weighted by molar-refractivity contribution is -0.173. The van der Waals surface area contributed by atoms with Crippen LogP contribution in [0.3, 0.4) is 0 Å². The number of hydrogen-bond acceptors (Lipinski definition) is 4. The molecule has 40 heavy (non-hydrogen) atoms. The summed E-state index contributed by atoms with van der Waals surface area (Å²) in [5, 5.41) is 9.93. The number of rotatable bonds is 3. The normalized spacial score (nSPS) is 43.1. The standard InChI is InChI=1S/C35H50N2O3/c1-30(2)14-16-35(13-11-27(39)37(8)9)17-15-34(7)28(23(35)20-30)24(38)18-26-32(5)19-22(21-36)29(40)31(3,4)25(32)10-12-33(26,34)6/h18-19,23,25,28H,10-17,20H2,1-9H3. The highest BCUT2D eigenvalue weighted by molar-refractivity contribution is 6.04. The van der Waals surface area contributed by atoms with Gasteiger partial charge in [-0.05, 0) is 90.9 Å². The van der Waals surface area contributed by atoms with Crippen LogP contribution in [0.25, 0.3) is 0 Å². The maximum Gasteiger partial charge on any atom is 0.222 e. The SMILES string of the molecule is CN(C)C(=O)CCC12CCC(C)(C)CC1C1C(=O)C=C3C4(C)C=C(C#N)C(=O)C(C)(C)C4CCC3(C)C1(C)CC2. The second-order valence-electron chi connectivity index (χ2n) is 16.4. The van der Waals surface area contributed by atoms with Gasteiger partial charge < -0.3 is 4.90 Å². The zero-order valence-electron chi connectivity index (χ0n) is 26.4. The van der Waals surface area contributed by atoms with Crippen LogP contribution in [0.2, 0.25) is 0 Å².